The number of aryl methyl sites for hydroxylation is 1. The molecule has 0 aliphatic rings. The molecule has 1 nitrogen and oxygen atoms in total. The zero-order chi connectivity index (χ0) is 14.0. The van der Waals surface area contributed by atoms with Crippen LogP contribution in [0.15, 0.2) is 45.3 Å². The molecule has 1 N–H and O–H groups in total. The highest BCUT2D eigenvalue weighted by Crippen LogP contribution is 2.27. The van der Waals surface area contributed by atoms with Crippen molar-refractivity contribution >= 4 is 31.9 Å². The van der Waals surface area contributed by atoms with Gasteiger partial charge in [-0.2, -0.15) is 0 Å². The van der Waals surface area contributed by atoms with Crippen LogP contribution in [-0.4, -0.2) is 5.11 Å². The molecule has 0 spiro atoms. The number of hydrogen-bond donors (Lipinski definition) is 1. The predicted molar refractivity (Wildman–Crippen MR) is 81.6 cm³/mol. The highest BCUT2D eigenvalue weighted by atomic mass is 79.9. The van der Waals surface area contributed by atoms with Gasteiger partial charge in [-0.15, -0.1) is 0 Å². The Morgan fingerprint density at radius 1 is 1.11 bits per heavy atom. The van der Waals surface area contributed by atoms with Crippen LogP contribution in [-0.2, 0) is 6.42 Å². The second-order valence-corrected chi connectivity index (χ2v) is 6.29. The summed E-state index contributed by atoms with van der Waals surface area (Å²) in [5, 5.41) is 10.3. The molecule has 0 saturated carbocycles. The van der Waals surface area contributed by atoms with E-state index < -0.39 is 6.10 Å². The molecule has 0 saturated heterocycles. The third-order valence-electron chi connectivity index (χ3n) is 3.02. The average Bonchev–Trinajstić information content (AvgIpc) is 2.36. The molecule has 0 aliphatic heterocycles. The van der Waals surface area contributed by atoms with Crippen LogP contribution in [0.4, 0.5) is 4.39 Å². The van der Waals surface area contributed by atoms with Crippen molar-refractivity contribution in [3.05, 3.63) is 67.9 Å². The van der Waals surface area contributed by atoms with E-state index in [1.807, 2.05) is 25.1 Å². The van der Waals surface area contributed by atoms with Gasteiger partial charge in [-0.25, -0.2) is 4.39 Å². The first-order valence-electron chi connectivity index (χ1n) is 5.85. The van der Waals surface area contributed by atoms with Gasteiger partial charge in [0.2, 0.25) is 0 Å². The number of rotatable bonds is 3. The van der Waals surface area contributed by atoms with E-state index in [2.05, 4.69) is 31.9 Å². The smallest absolute Gasteiger partial charge is 0.126 e. The Bertz CT molecular complexity index is 599. The Hall–Kier alpha value is -0.710. The SMILES string of the molecule is Cc1ccc(Br)cc1C(O)Cc1cc(Br)ccc1F. The lowest BCUT2D eigenvalue weighted by Crippen LogP contribution is -2.05. The average molecular weight is 388 g/mol. The van der Waals surface area contributed by atoms with Gasteiger partial charge in [0.25, 0.3) is 0 Å². The Balaban J connectivity index is 2.27. The van der Waals surface area contributed by atoms with E-state index in [1.165, 1.54) is 6.07 Å². The third-order valence-corrected chi connectivity index (χ3v) is 4.01. The lowest BCUT2D eigenvalue weighted by Gasteiger charge is -2.15. The lowest BCUT2D eigenvalue weighted by atomic mass is 9.97. The highest BCUT2D eigenvalue weighted by Gasteiger charge is 2.14. The van der Waals surface area contributed by atoms with Crippen molar-refractivity contribution in [2.24, 2.45) is 0 Å². The first-order chi connectivity index (χ1) is 8.97. The van der Waals surface area contributed by atoms with Crippen molar-refractivity contribution < 1.29 is 9.50 Å². The molecular weight excluding hydrogens is 375 g/mol. The van der Waals surface area contributed by atoms with Crippen molar-refractivity contribution in [2.45, 2.75) is 19.4 Å². The molecule has 0 radical (unpaired) electrons. The Morgan fingerprint density at radius 3 is 2.47 bits per heavy atom. The van der Waals surface area contributed by atoms with Crippen molar-refractivity contribution in [2.75, 3.05) is 0 Å². The van der Waals surface area contributed by atoms with Gasteiger partial charge in [0.05, 0.1) is 6.10 Å². The molecular formula is C15H13Br2FO. The summed E-state index contributed by atoms with van der Waals surface area (Å²) in [5.41, 5.74) is 2.31. The minimum absolute atomic E-state index is 0.253. The van der Waals surface area contributed by atoms with Gasteiger partial charge in [0, 0.05) is 15.4 Å². The quantitative estimate of drug-likeness (QED) is 0.791. The molecule has 1 atom stereocenters. The standard InChI is InChI=1S/C15H13Br2FO/c1-9-2-3-12(17)8-13(9)15(19)7-10-6-11(16)4-5-14(10)18/h2-6,8,15,19H,7H2,1H3. The molecule has 2 aromatic carbocycles. The van der Waals surface area contributed by atoms with Crippen molar-refractivity contribution in [3.8, 4) is 0 Å². The van der Waals surface area contributed by atoms with Crippen LogP contribution in [0.5, 0.6) is 0 Å². The van der Waals surface area contributed by atoms with Crippen molar-refractivity contribution in [1.29, 1.82) is 0 Å². The van der Waals surface area contributed by atoms with E-state index >= 15 is 0 Å². The van der Waals surface area contributed by atoms with Gasteiger partial charge in [-0.1, -0.05) is 37.9 Å². The third kappa shape index (κ3) is 3.65. The first-order valence-corrected chi connectivity index (χ1v) is 7.44. The van der Waals surface area contributed by atoms with Crippen LogP contribution in [0.25, 0.3) is 0 Å². The van der Waals surface area contributed by atoms with E-state index in [9.17, 15) is 9.50 Å². The minimum Gasteiger partial charge on any atom is -0.388 e. The summed E-state index contributed by atoms with van der Waals surface area (Å²) in [6.07, 6.45) is -0.468. The molecule has 0 fully saturated rings. The molecule has 100 valence electrons. The van der Waals surface area contributed by atoms with Crippen LogP contribution in [0, 0.1) is 12.7 Å². The van der Waals surface area contributed by atoms with Gasteiger partial charge in [-0.05, 0) is 53.9 Å². The predicted octanol–water partition coefficient (Wildman–Crippen LogP) is 4.94. The van der Waals surface area contributed by atoms with Crippen molar-refractivity contribution in [3.63, 3.8) is 0 Å². The number of hydrogen-bond acceptors (Lipinski definition) is 1. The fourth-order valence-electron chi connectivity index (χ4n) is 1.99. The summed E-state index contributed by atoms with van der Waals surface area (Å²) in [6, 6.07) is 10.5. The molecule has 0 bridgehead atoms. The van der Waals surface area contributed by atoms with Crippen molar-refractivity contribution in [1.82, 2.24) is 0 Å². The Kier molecular flexibility index (Phi) is 4.76. The summed E-state index contributed by atoms with van der Waals surface area (Å²) >= 11 is 6.70. The zero-order valence-electron chi connectivity index (χ0n) is 10.3. The van der Waals surface area contributed by atoms with Gasteiger partial charge in [0.1, 0.15) is 5.82 Å². The monoisotopic (exact) mass is 386 g/mol. The van der Waals surface area contributed by atoms with Crippen LogP contribution in [0.2, 0.25) is 0 Å². The maximum Gasteiger partial charge on any atom is 0.126 e. The van der Waals surface area contributed by atoms with Gasteiger partial charge in [-0.3, -0.25) is 0 Å². The maximum absolute atomic E-state index is 13.7. The van der Waals surface area contributed by atoms with Gasteiger partial charge < -0.3 is 5.11 Å². The molecule has 1 unspecified atom stereocenters. The molecule has 2 rings (SSSR count). The largest absolute Gasteiger partial charge is 0.388 e. The van der Waals surface area contributed by atoms with E-state index in [-0.39, 0.29) is 12.2 Å². The molecule has 0 amide bonds. The molecule has 2 aromatic rings. The maximum atomic E-state index is 13.7. The number of benzene rings is 2. The summed E-state index contributed by atoms with van der Waals surface area (Å²) in [5.74, 6) is -0.296. The van der Waals surface area contributed by atoms with Gasteiger partial charge >= 0.3 is 0 Å². The lowest BCUT2D eigenvalue weighted by molar-refractivity contribution is 0.176. The fraction of sp³-hybridized carbons (Fsp3) is 0.200. The van der Waals surface area contributed by atoms with E-state index in [0.717, 1.165) is 20.1 Å². The van der Waals surface area contributed by atoms with E-state index in [4.69, 9.17) is 0 Å². The molecule has 0 heterocycles. The first kappa shape index (κ1) is 14.7. The normalized spacial score (nSPS) is 12.5. The fourth-order valence-corrected chi connectivity index (χ4v) is 2.78. The van der Waals surface area contributed by atoms with Crippen LogP contribution in [0.3, 0.4) is 0 Å². The van der Waals surface area contributed by atoms with Crippen LogP contribution >= 0.6 is 31.9 Å². The summed E-state index contributed by atoms with van der Waals surface area (Å²) in [4.78, 5) is 0. The summed E-state index contributed by atoms with van der Waals surface area (Å²) < 4.78 is 15.4. The van der Waals surface area contributed by atoms with Crippen LogP contribution in [0.1, 0.15) is 22.8 Å². The van der Waals surface area contributed by atoms with E-state index in [0.29, 0.717) is 5.56 Å². The zero-order valence-corrected chi connectivity index (χ0v) is 13.5. The molecule has 19 heavy (non-hydrogen) atoms. The number of aliphatic hydroxyl groups is 1. The molecule has 4 heteroatoms. The topological polar surface area (TPSA) is 20.2 Å². The molecule has 0 aromatic heterocycles. The Labute approximate surface area is 128 Å². The Morgan fingerprint density at radius 2 is 1.74 bits per heavy atom. The highest BCUT2D eigenvalue weighted by molar-refractivity contribution is 9.10. The number of halogens is 3. The summed E-state index contributed by atoms with van der Waals surface area (Å²) in [7, 11) is 0. The van der Waals surface area contributed by atoms with Crippen LogP contribution < -0.4 is 0 Å². The molecule has 0 aliphatic carbocycles. The van der Waals surface area contributed by atoms with E-state index in [1.54, 1.807) is 12.1 Å². The number of aliphatic hydroxyl groups excluding tert-OH is 1. The second kappa shape index (κ2) is 6.16. The summed E-state index contributed by atoms with van der Waals surface area (Å²) in [6.45, 7) is 1.93. The van der Waals surface area contributed by atoms with Gasteiger partial charge in [0.15, 0.2) is 0 Å². The second-order valence-electron chi connectivity index (χ2n) is 4.46. The minimum atomic E-state index is -0.721.